The molecule has 176 valence electrons. The lowest BCUT2D eigenvalue weighted by atomic mass is 10.1. The summed E-state index contributed by atoms with van der Waals surface area (Å²) in [5.41, 5.74) is 3.13. The molecular formula is C25H19F3N6O. The number of fused-ring (bicyclic) bond motifs is 1. The highest BCUT2D eigenvalue weighted by atomic mass is 19.4. The molecule has 0 bridgehead atoms. The number of carbonyl (C=O) groups is 1. The molecule has 35 heavy (non-hydrogen) atoms. The Morgan fingerprint density at radius 2 is 1.77 bits per heavy atom. The third kappa shape index (κ3) is 4.77. The van der Waals surface area contributed by atoms with E-state index < -0.39 is 17.6 Å². The summed E-state index contributed by atoms with van der Waals surface area (Å²) in [6, 6.07) is 14.3. The number of nitrogens with zero attached hydrogens (tertiary/aromatic N) is 5. The first kappa shape index (κ1) is 22.3. The van der Waals surface area contributed by atoms with Gasteiger partial charge in [0, 0.05) is 29.5 Å². The number of benzene rings is 2. The molecule has 0 saturated carbocycles. The van der Waals surface area contributed by atoms with Crippen molar-refractivity contribution >= 4 is 22.8 Å². The zero-order chi connectivity index (χ0) is 24.6. The average Bonchev–Trinajstić information content (AvgIpc) is 3.45. The van der Waals surface area contributed by atoms with Crippen molar-refractivity contribution in [2.75, 3.05) is 5.32 Å². The minimum Gasteiger partial charge on any atom is -0.326 e. The molecule has 3 heterocycles. The van der Waals surface area contributed by atoms with Crippen LogP contribution in [-0.4, -0.2) is 30.0 Å². The molecule has 2 aromatic carbocycles. The van der Waals surface area contributed by atoms with Crippen LogP contribution in [0.3, 0.4) is 0 Å². The largest absolute Gasteiger partial charge is 0.416 e. The van der Waals surface area contributed by atoms with E-state index in [2.05, 4.69) is 20.3 Å². The Bertz CT molecular complexity index is 1520. The van der Waals surface area contributed by atoms with Crippen molar-refractivity contribution in [1.29, 1.82) is 0 Å². The Morgan fingerprint density at radius 3 is 2.49 bits per heavy atom. The Labute approximate surface area is 197 Å². The number of alkyl halides is 3. The fraction of sp³-hybridized carbons (Fsp3) is 0.120. The first-order valence-corrected chi connectivity index (χ1v) is 10.7. The van der Waals surface area contributed by atoms with Crippen molar-refractivity contribution in [3.05, 3.63) is 96.5 Å². The molecule has 5 rings (SSSR count). The van der Waals surface area contributed by atoms with E-state index in [-0.39, 0.29) is 17.8 Å². The van der Waals surface area contributed by atoms with Crippen LogP contribution in [0.1, 0.15) is 16.8 Å². The Hall–Kier alpha value is -4.47. The number of hydrogen-bond donors (Lipinski definition) is 1. The molecule has 5 aromatic rings. The lowest BCUT2D eigenvalue weighted by Gasteiger charge is -2.14. The van der Waals surface area contributed by atoms with E-state index in [1.807, 2.05) is 28.8 Å². The van der Waals surface area contributed by atoms with Crippen LogP contribution >= 0.6 is 0 Å². The third-order valence-corrected chi connectivity index (χ3v) is 5.42. The van der Waals surface area contributed by atoms with Gasteiger partial charge in [0.25, 0.3) is 0 Å². The number of pyridine rings is 1. The monoisotopic (exact) mass is 476 g/mol. The zero-order valence-corrected chi connectivity index (χ0v) is 18.5. The van der Waals surface area contributed by atoms with E-state index in [0.717, 1.165) is 23.3 Å². The van der Waals surface area contributed by atoms with Crippen molar-refractivity contribution in [2.24, 2.45) is 0 Å². The van der Waals surface area contributed by atoms with Gasteiger partial charge in [-0.2, -0.15) is 13.2 Å². The van der Waals surface area contributed by atoms with Crippen LogP contribution in [0.25, 0.3) is 22.5 Å². The molecule has 0 aliphatic heterocycles. The third-order valence-electron chi connectivity index (χ3n) is 5.42. The molecular weight excluding hydrogens is 457 g/mol. The lowest BCUT2D eigenvalue weighted by Crippen LogP contribution is -2.16. The maximum atomic E-state index is 13.5. The van der Waals surface area contributed by atoms with Gasteiger partial charge in [0.05, 0.1) is 24.0 Å². The predicted octanol–water partition coefficient (Wildman–Crippen LogP) is 5.11. The van der Waals surface area contributed by atoms with Crippen molar-refractivity contribution in [2.45, 2.75) is 19.5 Å². The van der Waals surface area contributed by atoms with Gasteiger partial charge >= 0.3 is 6.18 Å². The van der Waals surface area contributed by atoms with Crippen LogP contribution in [0.15, 0.2) is 79.6 Å². The summed E-state index contributed by atoms with van der Waals surface area (Å²) in [6.45, 7) is 1.74. The number of anilines is 1. The summed E-state index contributed by atoms with van der Waals surface area (Å²) in [6.07, 6.45) is 1.84. The summed E-state index contributed by atoms with van der Waals surface area (Å²) in [5, 5.41) is 2.59. The lowest BCUT2D eigenvalue weighted by molar-refractivity contribution is -0.137. The van der Waals surface area contributed by atoms with Crippen LogP contribution in [0.2, 0.25) is 0 Å². The van der Waals surface area contributed by atoms with E-state index in [1.165, 1.54) is 17.0 Å². The number of halogens is 3. The summed E-state index contributed by atoms with van der Waals surface area (Å²) in [5.74, 6) is -0.431. The van der Waals surface area contributed by atoms with Crippen molar-refractivity contribution in [1.82, 2.24) is 24.1 Å². The summed E-state index contributed by atoms with van der Waals surface area (Å²) in [4.78, 5) is 25.4. The molecule has 0 unspecified atom stereocenters. The van der Waals surface area contributed by atoms with Gasteiger partial charge in [-0.05, 0) is 55.0 Å². The van der Waals surface area contributed by atoms with Crippen molar-refractivity contribution < 1.29 is 18.0 Å². The first-order valence-electron chi connectivity index (χ1n) is 10.7. The van der Waals surface area contributed by atoms with Gasteiger partial charge in [0.1, 0.15) is 11.8 Å². The number of hydrogen-bond acceptors (Lipinski definition) is 4. The van der Waals surface area contributed by atoms with E-state index in [0.29, 0.717) is 16.9 Å². The molecule has 0 radical (unpaired) electrons. The van der Waals surface area contributed by atoms with Crippen LogP contribution in [0.4, 0.5) is 18.9 Å². The number of nitrogens with one attached hydrogen (secondary N) is 1. The molecule has 7 nitrogen and oxygen atoms in total. The second-order valence-electron chi connectivity index (χ2n) is 8.04. The van der Waals surface area contributed by atoms with Crippen LogP contribution in [0, 0.1) is 6.92 Å². The van der Waals surface area contributed by atoms with Gasteiger partial charge in [-0.25, -0.2) is 15.0 Å². The van der Waals surface area contributed by atoms with Crippen LogP contribution in [-0.2, 0) is 17.4 Å². The smallest absolute Gasteiger partial charge is 0.326 e. The molecule has 0 saturated heterocycles. The minimum absolute atomic E-state index is 0.00102. The predicted molar refractivity (Wildman–Crippen MR) is 125 cm³/mol. The van der Waals surface area contributed by atoms with Gasteiger partial charge in [0.2, 0.25) is 5.91 Å². The quantitative estimate of drug-likeness (QED) is 0.382. The maximum Gasteiger partial charge on any atom is 0.416 e. The molecule has 0 aliphatic carbocycles. The molecule has 1 amide bonds. The van der Waals surface area contributed by atoms with Crippen LogP contribution in [0.5, 0.6) is 0 Å². The molecule has 0 spiro atoms. The van der Waals surface area contributed by atoms with Gasteiger partial charge in [-0.3, -0.25) is 9.36 Å². The SMILES string of the molecule is Cc1cn(-c2cc(NC(=O)Cc3ccc(-n4cnc5cccnc54)cc3)cc(C(F)(F)F)c2)cn1. The molecule has 1 N–H and O–H groups in total. The highest BCUT2D eigenvalue weighted by Gasteiger charge is 2.31. The number of carbonyl (C=O) groups excluding carboxylic acids is 1. The maximum absolute atomic E-state index is 13.5. The van der Waals surface area contributed by atoms with Crippen molar-refractivity contribution in [3.63, 3.8) is 0 Å². The summed E-state index contributed by atoms with van der Waals surface area (Å²) < 4.78 is 43.7. The number of imidazole rings is 2. The highest BCUT2D eigenvalue weighted by molar-refractivity contribution is 5.92. The van der Waals surface area contributed by atoms with E-state index in [1.54, 1.807) is 37.8 Å². The topological polar surface area (TPSA) is 77.6 Å². The Kier molecular flexibility index (Phi) is 5.56. The Morgan fingerprint density at radius 1 is 0.971 bits per heavy atom. The fourth-order valence-electron chi connectivity index (χ4n) is 3.76. The molecule has 0 fully saturated rings. The molecule has 10 heteroatoms. The van der Waals surface area contributed by atoms with Crippen molar-refractivity contribution in [3.8, 4) is 11.4 Å². The van der Waals surface area contributed by atoms with Gasteiger partial charge in [-0.15, -0.1) is 0 Å². The normalized spacial score (nSPS) is 11.7. The standard InChI is InChI=1S/C25H19F3N6O/c1-16-13-33(14-30-16)21-11-18(25(26,27)28)10-19(12-21)32-23(35)9-17-4-6-20(7-5-17)34-15-31-22-3-2-8-29-24(22)34/h2-8,10-15H,9H2,1H3,(H,32,35). The number of rotatable bonds is 5. The van der Waals surface area contributed by atoms with E-state index in [9.17, 15) is 18.0 Å². The number of aryl methyl sites for hydroxylation is 1. The second-order valence-corrected chi connectivity index (χ2v) is 8.04. The van der Waals surface area contributed by atoms with Gasteiger partial charge in [0.15, 0.2) is 5.65 Å². The molecule has 0 aliphatic rings. The first-order chi connectivity index (χ1) is 16.8. The summed E-state index contributed by atoms with van der Waals surface area (Å²) in [7, 11) is 0. The summed E-state index contributed by atoms with van der Waals surface area (Å²) >= 11 is 0. The molecule has 3 aromatic heterocycles. The zero-order valence-electron chi connectivity index (χ0n) is 18.5. The minimum atomic E-state index is -4.56. The van der Waals surface area contributed by atoms with E-state index in [4.69, 9.17) is 0 Å². The molecule has 0 atom stereocenters. The highest BCUT2D eigenvalue weighted by Crippen LogP contribution is 2.33. The Balaban J connectivity index is 1.34. The van der Waals surface area contributed by atoms with Gasteiger partial charge < -0.3 is 9.88 Å². The van der Waals surface area contributed by atoms with E-state index >= 15 is 0 Å². The fourth-order valence-corrected chi connectivity index (χ4v) is 3.76. The van der Waals surface area contributed by atoms with Crippen LogP contribution < -0.4 is 5.32 Å². The number of aromatic nitrogens is 5. The van der Waals surface area contributed by atoms with Gasteiger partial charge in [-0.1, -0.05) is 12.1 Å². The average molecular weight is 476 g/mol. The number of amides is 1. The second kappa shape index (κ2) is 8.71.